The van der Waals surface area contributed by atoms with Crippen molar-refractivity contribution >= 4 is 10.5 Å². The van der Waals surface area contributed by atoms with Gasteiger partial charge in [-0.1, -0.05) is 0 Å². The SMILES string of the molecule is FC(F)C(F)(O[SiH3])C(F)(F)F. The highest BCUT2D eigenvalue weighted by molar-refractivity contribution is 5.98. The zero-order valence-corrected chi connectivity index (χ0v) is 7.25. The van der Waals surface area contributed by atoms with Gasteiger partial charge in [-0.3, -0.25) is 0 Å². The first kappa shape index (κ1) is 10.8. The average molecular weight is 198 g/mol. The molecule has 68 valence electrons. The van der Waals surface area contributed by atoms with E-state index in [4.69, 9.17) is 0 Å². The lowest BCUT2D eigenvalue weighted by Crippen LogP contribution is -2.49. The summed E-state index contributed by atoms with van der Waals surface area (Å²) in [5, 5.41) is 0. The van der Waals surface area contributed by atoms with Crippen molar-refractivity contribution in [2.75, 3.05) is 0 Å². The molecule has 11 heavy (non-hydrogen) atoms. The average Bonchev–Trinajstić information content (AvgIpc) is 1.83. The molecule has 0 aliphatic heterocycles. The molecule has 0 aromatic rings. The van der Waals surface area contributed by atoms with Crippen LogP contribution in [0.4, 0.5) is 26.3 Å². The van der Waals surface area contributed by atoms with E-state index in [1.54, 1.807) is 0 Å². The van der Waals surface area contributed by atoms with Gasteiger partial charge in [-0.15, -0.1) is 0 Å². The van der Waals surface area contributed by atoms with E-state index in [-0.39, 0.29) is 0 Å². The number of halogens is 6. The highest BCUT2D eigenvalue weighted by atomic mass is 28.2. The maximum atomic E-state index is 12.1. The van der Waals surface area contributed by atoms with Gasteiger partial charge in [-0.05, 0) is 0 Å². The van der Waals surface area contributed by atoms with Crippen molar-refractivity contribution in [1.82, 2.24) is 0 Å². The standard InChI is InChI=1S/C3H4F6OSi/c4-1(5)2(6,10-11)3(7,8)9/h1H,11H3. The van der Waals surface area contributed by atoms with E-state index in [0.29, 0.717) is 0 Å². The number of rotatable bonds is 2. The molecule has 0 aromatic carbocycles. The fourth-order valence-corrected chi connectivity index (χ4v) is 0.738. The van der Waals surface area contributed by atoms with E-state index < -0.39 is 28.9 Å². The van der Waals surface area contributed by atoms with E-state index in [1.165, 1.54) is 0 Å². The Bertz CT molecular complexity index is 134. The Balaban J connectivity index is 4.61. The molecule has 0 aliphatic carbocycles. The van der Waals surface area contributed by atoms with Gasteiger partial charge in [0.2, 0.25) is 0 Å². The van der Waals surface area contributed by atoms with Crippen LogP contribution in [0.25, 0.3) is 0 Å². The van der Waals surface area contributed by atoms with Gasteiger partial charge in [0.25, 0.3) is 0 Å². The summed E-state index contributed by atoms with van der Waals surface area (Å²) in [6.45, 7) is 0. The molecule has 8 heteroatoms. The summed E-state index contributed by atoms with van der Waals surface area (Å²) in [6, 6.07) is 0. The molecule has 0 fully saturated rings. The summed E-state index contributed by atoms with van der Waals surface area (Å²) < 4.78 is 72.2. The maximum Gasteiger partial charge on any atom is 0.453 e. The van der Waals surface area contributed by atoms with Crippen LogP contribution in [0.1, 0.15) is 0 Å². The summed E-state index contributed by atoms with van der Waals surface area (Å²) in [6.07, 6.45) is -9.89. The summed E-state index contributed by atoms with van der Waals surface area (Å²) in [5.41, 5.74) is 0. The van der Waals surface area contributed by atoms with E-state index in [0.717, 1.165) is 0 Å². The van der Waals surface area contributed by atoms with Crippen LogP contribution in [0.15, 0.2) is 0 Å². The minimum absolute atomic E-state index is 0.750. The number of hydrogen-bond donors (Lipinski definition) is 0. The van der Waals surface area contributed by atoms with E-state index in [2.05, 4.69) is 4.43 Å². The van der Waals surface area contributed by atoms with Crippen molar-refractivity contribution in [2.24, 2.45) is 0 Å². The molecule has 0 spiro atoms. The van der Waals surface area contributed by atoms with Crippen LogP contribution >= 0.6 is 0 Å². The maximum absolute atomic E-state index is 12.1. The third-order valence-electron chi connectivity index (χ3n) is 0.964. The Hall–Kier alpha value is -0.243. The molecule has 1 nitrogen and oxygen atoms in total. The smallest absolute Gasteiger partial charge is 0.387 e. The van der Waals surface area contributed by atoms with Crippen LogP contribution in [0.2, 0.25) is 0 Å². The highest BCUT2D eigenvalue weighted by Crippen LogP contribution is 2.38. The molecule has 0 amide bonds. The van der Waals surface area contributed by atoms with Crippen LogP contribution in [0, 0.1) is 0 Å². The Kier molecular flexibility index (Phi) is 2.95. The zero-order chi connectivity index (χ0) is 9.28. The minimum atomic E-state index is -5.68. The topological polar surface area (TPSA) is 9.23 Å². The molecule has 0 rings (SSSR count). The molecular formula is C3H4F6OSi. The predicted molar refractivity (Wildman–Crippen MR) is 26.9 cm³/mol. The van der Waals surface area contributed by atoms with Crippen molar-refractivity contribution in [2.45, 2.75) is 18.5 Å². The van der Waals surface area contributed by atoms with Gasteiger partial charge < -0.3 is 4.43 Å². The summed E-state index contributed by atoms with van der Waals surface area (Å²) in [7, 11) is -0.750. The quantitative estimate of drug-likeness (QED) is 0.470. The van der Waals surface area contributed by atoms with Gasteiger partial charge in [0, 0.05) is 0 Å². The Morgan fingerprint density at radius 2 is 1.45 bits per heavy atom. The van der Waals surface area contributed by atoms with E-state index >= 15 is 0 Å². The van der Waals surface area contributed by atoms with Crippen LogP contribution < -0.4 is 0 Å². The fourth-order valence-electron chi connectivity index (χ4n) is 0.329. The zero-order valence-electron chi connectivity index (χ0n) is 5.25. The van der Waals surface area contributed by atoms with Gasteiger partial charge in [0.15, 0.2) is 10.5 Å². The van der Waals surface area contributed by atoms with Gasteiger partial charge in [0.1, 0.15) is 0 Å². The second-order valence-corrected chi connectivity index (χ2v) is 2.06. The monoisotopic (exact) mass is 198 g/mol. The summed E-state index contributed by atoms with van der Waals surface area (Å²) >= 11 is 0. The van der Waals surface area contributed by atoms with E-state index in [1.807, 2.05) is 0 Å². The van der Waals surface area contributed by atoms with Crippen LogP contribution in [0.5, 0.6) is 0 Å². The largest absolute Gasteiger partial charge is 0.453 e. The van der Waals surface area contributed by atoms with Crippen molar-refractivity contribution < 1.29 is 30.8 Å². The lowest BCUT2D eigenvalue weighted by atomic mass is 10.3. The third kappa shape index (κ3) is 1.86. The molecule has 0 heterocycles. The first-order valence-corrected chi connectivity index (χ1v) is 3.16. The molecule has 0 bridgehead atoms. The Morgan fingerprint density at radius 1 is 1.09 bits per heavy atom. The van der Waals surface area contributed by atoms with Gasteiger partial charge in [-0.2, -0.15) is 17.6 Å². The minimum Gasteiger partial charge on any atom is -0.387 e. The van der Waals surface area contributed by atoms with E-state index in [9.17, 15) is 26.3 Å². The second kappa shape index (κ2) is 3.01. The Morgan fingerprint density at radius 3 is 1.45 bits per heavy atom. The van der Waals surface area contributed by atoms with Crippen molar-refractivity contribution in [3.8, 4) is 0 Å². The molecule has 0 saturated heterocycles. The molecule has 0 aliphatic rings. The van der Waals surface area contributed by atoms with Gasteiger partial charge in [-0.25, -0.2) is 8.78 Å². The molecule has 1 atom stereocenters. The molecule has 0 saturated carbocycles. The molecule has 0 aromatic heterocycles. The van der Waals surface area contributed by atoms with Crippen molar-refractivity contribution in [3.05, 3.63) is 0 Å². The van der Waals surface area contributed by atoms with Crippen LogP contribution in [-0.2, 0) is 4.43 Å². The van der Waals surface area contributed by atoms with Crippen LogP contribution in [-0.4, -0.2) is 28.9 Å². The lowest BCUT2D eigenvalue weighted by molar-refractivity contribution is -0.340. The number of hydrogen-bond acceptors (Lipinski definition) is 1. The molecule has 0 radical (unpaired) electrons. The molecule has 1 unspecified atom stereocenters. The van der Waals surface area contributed by atoms with Gasteiger partial charge in [0.05, 0.1) is 0 Å². The molecular weight excluding hydrogens is 194 g/mol. The van der Waals surface area contributed by atoms with Gasteiger partial charge >= 0.3 is 18.5 Å². The van der Waals surface area contributed by atoms with Crippen molar-refractivity contribution in [3.63, 3.8) is 0 Å². The number of alkyl halides is 6. The summed E-state index contributed by atoms with van der Waals surface area (Å²) in [4.78, 5) is 0. The summed E-state index contributed by atoms with van der Waals surface area (Å²) in [5.74, 6) is -4.79. The van der Waals surface area contributed by atoms with Crippen LogP contribution in [0.3, 0.4) is 0 Å². The lowest BCUT2D eigenvalue weighted by Gasteiger charge is -2.25. The first-order valence-electron chi connectivity index (χ1n) is 2.34. The second-order valence-electron chi connectivity index (χ2n) is 1.65. The highest BCUT2D eigenvalue weighted by Gasteiger charge is 2.63. The first-order chi connectivity index (χ1) is 4.75. The Labute approximate surface area is 60.9 Å². The predicted octanol–water partition coefficient (Wildman–Crippen LogP) is 0.777. The normalized spacial score (nSPS) is 18.8. The fraction of sp³-hybridized carbons (Fsp3) is 1.00. The third-order valence-corrected chi connectivity index (χ3v) is 1.56. The van der Waals surface area contributed by atoms with Crippen molar-refractivity contribution in [1.29, 1.82) is 0 Å². The molecule has 0 N–H and O–H groups in total.